The van der Waals surface area contributed by atoms with Crippen molar-refractivity contribution in [3.8, 4) is 79.4 Å². The zero-order valence-corrected chi connectivity index (χ0v) is 24.8. The molecule has 0 spiro atoms. The molecule has 0 aliphatic heterocycles. The van der Waals surface area contributed by atoms with Crippen LogP contribution in [0.5, 0.6) is 0 Å². The molecule has 6 aromatic carbocycles. The third kappa shape index (κ3) is 5.67. The maximum atomic E-state index is 9.38. The molecule has 4 nitrogen and oxygen atoms in total. The molecule has 46 heavy (non-hydrogen) atoms. The molecular weight excluding hydrogens is 560 g/mol. The summed E-state index contributed by atoms with van der Waals surface area (Å²) in [6.45, 7) is 0. The summed E-state index contributed by atoms with van der Waals surface area (Å²) in [5.41, 5.74) is 11.7. The van der Waals surface area contributed by atoms with Crippen LogP contribution in [-0.2, 0) is 0 Å². The van der Waals surface area contributed by atoms with Gasteiger partial charge in [-0.15, -0.1) is 0 Å². The van der Waals surface area contributed by atoms with E-state index in [9.17, 15) is 10.5 Å². The Morgan fingerprint density at radius 1 is 0.348 bits per heavy atom. The summed E-state index contributed by atoms with van der Waals surface area (Å²) in [5, 5.41) is 18.8. The largest absolute Gasteiger partial charge is 0.227 e. The topological polar surface area (TPSA) is 73.4 Å². The van der Waals surface area contributed by atoms with Gasteiger partial charge in [-0.2, -0.15) is 10.5 Å². The van der Waals surface area contributed by atoms with E-state index in [0.29, 0.717) is 17.0 Å². The zero-order valence-electron chi connectivity index (χ0n) is 24.8. The SMILES string of the molecule is N#Cc1ccc(-c2cc(-c3ccc(C#N)cc3)cc(-c3nc(-c4ccccc4)c(-c4ccccc4)c(-c4ccccc4)n3)c2)cc1. The Bertz CT molecular complexity index is 2090. The van der Waals surface area contributed by atoms with Gasteiger partial charge in [-0.05, 0) is 70.3 Å². The Morgan fingerprint density at radius 3 is 1.11 bits per heavy atom. The van der Waals surface area contributed by atoms with Crippen LogP contribution in [0.25, 0.3) is 67.3 Å². The minimum absolute atomic E-state index is 0.600. The van der Waals surface area contributed by atoms with Gasteiger partial charge in [-0.25, -0.2) is 9.97 Å². The number of nitrogens with zero attached hydrogens (tertiary/aromatic N) is 4. The average Bonchev–Trinajstić information content (AvgIpc) is 3.15. The molecule has 7 aromatic rings. The molecule has 0 N–H and O–H groups in total. The Kier molecular flexibility index (Phi) is 7.68. The van der Waals surface area contributed by atoms with E-state index in [0.717, 1.165) is 61.5 Å². The van der Waals surface area contributed by atoms with Crippen molar-refractivity contribution in [2.24, 2.45) is 0 Å². The Labute approximate surface area is 268 Å². The summed E-state index contributed by atoms with van der Waals surface area (Å²) < 4.78 is 0. The van der Waals surface area contributed by atoms with Gasteiger partial charge in [0.2, 0.25) is 0 Å². The van der Waals surface area contributed by atoms with E-state index >= 15 is 0 Å². The Morgan fingerprint density at radius 2 is 0.717 bits per heavy atom. The number of rotatable bonds is 6. The molecule has 4 heteroatoms. The lowest BCUT2D eigenvalue weighted by atomic mass is 9.93. The van der Waals surface area contributed by atoms with Crippen LogP contribution in [0.15, 0.2) is 158 Å². The van der Waals surface area contributed by atoms with E-state index in [-0.39, 0.29) is 0 Å². The van der Waals surface area contributed by atoms with Crippen molar-refractivity contribution in [1.82, 2.24) is 9.97 Å². The Hall–Kier alpha value is -6.62. The number of nitriles is 2. The summed E-state index contributed by atoms with van der Waals surface area (Å²) in [5.74, 6) is 0.600. The van der Waals surface area contributed by atoms with Crippen LogP contribution in [0, 0.1) is 22.7 Å². The second-order valence-electron chi connectivity index (χ2n) is 10.9. The first-order valence-corrected chi connectivity index (χ1v) is 14.9. The first-order chi connectivity index (χ1) is 22.7. The van der Waals surface area contributed by atoms with E-state index in [1.165, 1.54) is 0 Å². The van der Waals surface area contributed by atoms with Crippen molar-refractivity contribution < 1.29 is 0 Å². The summed E-state index contributed by atoms with van der Waals surface area (Å²) in [6.07, 6.45) is 0. The van der Waals surface area contributed by atoms with Gasteiger partial charge in [0.15, 0.2) is 5.82 Å². The number of hydrogen-bond donors (Lipinski definition) is 0. The van der Waals surface area contributed by atoms with Crippen LogP contribution in [0.2, 0.25) is 0 Å². The van der Waals surface area contributed by atoms with E-state index in [4.69, 9.17) is 9.97 Å². The van der Waals surface area contributed by atoms with Crippen molar-refractivity contribution in [3.63, 3.8) is 0 Å². The van der Waals surface area contributed by atoms with Gasteiger partial charge in [-0.3, -0.25) is 0 Å². The summed E-state index contributed by atoms with van der Waals surface area (Å²) in [6, 6.07) is 56.7. The van der Waals surface area contributed by atoms with Gasteiger partial charge in [0.25, 0.3) is 0 Å². The molecule has 1 aromatic heterocycles. The van der Waals surface area contributed by atoms with Gasteiger partial charge in [-0.1, -0.05) is 115 Å². The molecule has 0 atom stereocenters. The number of hydrogen-bond acceptors (Lipinski definition) is 4. The first-order valence-electron chi connectivity index (χ1n) is 14.9. The van der Waals surface area contributed by atoms with Gasteiger partial charge >= 0.3 is 0 Å². The minimum atomic E-state index is 0.600. The van der Waals surface area contributed by atoms with Crippen LogP contribution in [0.1, 0.15) is 11.1 Å². The predicted octanol–water partition coefficient (Wildman–Crippen LogP) is 10.2. The number of aromatic nitrogens is 2. The third-order valence-electron chi connectivity index (χ3n) is 7.95. The monoisotopic (exact) mass is 586 g/mol. The van der Waals surface area contributed by atoms with Crippen LogP contribution in [-0.4, -0.2) is 9.97 Å². The lowest BCUT2D eigenvalue weighted by molar-refractivity contribution is 1.18. The van der Waals surface area contributed by atoms with Crippen molar-refractivity contribution >= 4 is 0 Å². The average molecular weight is 587 g/mol. The quantitative estimate of drug-likeness (QED) is 0.194. The predicted molar refractivity (Wildman–Crippen MR) is 184 cm³/mol. The first kappa shape index (κ1) is 28.2. The third-order valence-corrected chi connectivity index (χ3v) is 7.95. The highest BCUT2D eigenvalue weighted by Gasteiger charge is 2.20. The highest BCUT2D eigenvalue weighted by molar-refractivity contribution is 5.92. The molecule has 0 saturated carbocycles. The number of benzene rings is 6. The van der Waals surface area contributed by atoms with Crippen molar-refractivity contribution in [1.29, 1.82) is 10.5 Å². The van der Waals surface area contributed by atoms with E-state index in [1.807, 2.05) is 103 Å². The summed E-state index contributed by atoms with van der Waals surface area (Å²) in [7, 11) is 0. The lowest BCUT2D eigenvalue weighted by Crippen LogP contribution is -2.01. The van der Waals surface area contributed by atoms with Gasteiger partial charge in [0.05, 0.1) is 34.7 Å². The second-order valence-corrected chi connectivity index (χ2v) is 10.9. The van der Waals surface area contributed by atoms with Gasteiger partial charge in [0.1, 0.15) is 0 Å². The maximum absolute atomic E-state index is 9.38. The smallest absolute Gasteiger partial charge is 0.160 e. The molecule has 1 heterocycles. The second kappa shape index (κ2) is 12.5. The Balaban J connectivity index is 1.52. The van der Waals surface area contributed by atoms with Gasteiger partial charge < -0.3 is 0 Å². The maximum Gasteiger partial charge on any atom is 0.160 e. The molecule has 0 saturated heterocycles. The zero-order chi connectivity index (χ0) is 31.3. The van der Waals surface area contributed by atoms with Crippen molar-refractivity contribution in [3.05, 3.63) is 169 Å². The van der Waals surface area contributed by atoms with Crippen LogP contribution in [0.3, 0.4) is 0 Å². The molecule has 0 amide bonds. The molecule has 0 aliphatic carbocycles. The molecular formula is C42H26N4. The standard InChI is InChI=1S/C42H26N4/c43-27-29-16-20-31(21-17-29)36-24-37(32-22-18-30(28-44)19-23-32)26-38(25-36)42-45-40(34-12-6-2-7-13-34)39(33-10-4-1-5-11-33)41(46-42)35-14-8-3-9-15-35/h1-26H. The van der Waals surface area contributed by atoms with Crippen LogP contribution >= 0.6 is 0 Å². The highest BCUT2D eigenvalue weighted by atomic mass is 14.9. The highest BCUT2D eigenvalue weighted by Crippen LogP contribution is 2.40. The van der Waals surface area contributed by atoms with Crippen LogP contribution < -0.4 is 0 Å². The van der Waals surface area contributed by atoms with Crippen molar-refractivity contribution in [2.45, 2.75) is 0 Å². The minimum Gasteiger partial charge on any atom is -0.227 e. The fourth-order valence-electron chi connectivity index (χ4n) is 5.64. The lowest BCUT2D eigenvalue weighted by Gasteiger charge is -2.18. The molecule has 0 aliphatic rings. The van der Waals surface area contributed by atoms with Crippen molar-refractivity contribution in [2.75, 3.05) is 0 Å². The summed E-state index contributed by atoms with van der Waals surface area (Å²) >= 11 is 0. The fourth-order valence-corrected chi connectivity index (χ4v) is 5.64. The molecule has 7 rings (SSSR count). The fraction of sp³-hybridized carbons (Fsp3) is 0. The van der Waals surface area contributed by atoms with Crippen LogP contribution in [0.4, 0.5) is 0 Å². The van der Waals surface area contributed by atoms with E-state index in [1.54, 1.807) is 0 Å². The molecule has 214 valence electrons. The van der Waals surface area contributed by atoms with E-state index < -0.39 is 0 Å². The summed E-state index contributed by atoms with van der Waals surface area (Å²) in [4.78, 5) is 10.6. The normalized spacial score (nSPS) is 10.6. The molecule has 0 radical (unpaired) electrons. The van der Waals surface area contributed by atoms with Gasteiger partial charge in [0, 0.05) is 22.3 Å². The molecule has 0 fully saturated rings. The molecule has 0 bridgehead atoms. The van der Waals surface area contributed by atoms with E-state index in [2.05, 4.69) is 66.7 Å². The molecule has 0 unspecified atom stereocenters.